The van der Waals surface area contributed by atoms with E-state index in [1.165, 1.54) is 23.4 Å². The predicted molar refractivity (Wildman–Crippen MR) is 85.0 cm³/mol. The van der Waals surface area contributed by atoms with Crippen LogP contribution in [-0.2, 0) is 0 Å². The molecule has 2 N–H and O–H groups in total. The lowest BCUT2D eigenvalue weighted by atomic mass is 10.2. The fourth-order valence-electron chi connectivity index (χ4n) is 2.19. The lowest BCUT2D eigenvalue weighted by molar-refractivity contribution is 0.516. The Bertz CT molecular complexity index is 768. The van der Waals surface area contributed by atoms with Crippen LogP contribution in [-0.4, -0.2) is 5.75 Å². The molecule has 0 spiro atoms. The summed E-state index contributed by atoms with van der Waals surface area (Å²) >= 11 is 1.40. The summed E-state index contributed by atoms with van der Waals surface area (Å²) in [6.07, 6.45) is 0. The summed E-state index contributed by atoms with van der Waals surface area (Å²) in [5.74, 6) is 1.09. The van der Waals surface area contributed by atoms with Gasteiger partial charge in [-0.15, -0.1) is 11.8 Å². The first kappa shape index (κ1) is 14.2. The first-order valence-electron chi connectivity index (χ1n) is 6.76. The third-order valence-electron chi connectivity index (χ3n) is 3.31. The van der Waals surface area contributed by atoms with Crippen LogP contribution in [0.25, 0.3) is 11.0 Å². The standard InChI is InChI=1S/C17H16FNOS/c1-11-6-7-15-12(8-11)9-16(20-15)14(19)10-21-17-5-3-2-4-13(17)18/h2-9,14H,10,19H2,1H3. The highest BCUT2D eigenvalue weighted by atomic mass is 32.2. The number of rotatable bonds is 4. The molecule has 0 aliphatic heterocycles. The smallest absolute Gasteiger partial charge is 0.136 e. The Kier molecular flexibility index (Phi) is 3.99. The van der Waals surface area contributed by atoms with Crippen molar-refractivity contribution in [3.8, 4) is 0 Å². The van der Waals surface area contributed by atoms with Crippen molar-refractivity contribution in [1.82, 2.24) is 0 Å². The molecule has 1 atom stereocenters. The van der Waals surface area contributed by atoms with Gasteiger partial charge in [-0.05, 0) is 37.3 Å². The second kappa shape index (κ2) is 5.92. The first-order chi connectivity index (χ1) is 10.1. The SMILES string of the molecule is Cc1ccc2oc(C(N)CSc3ccccc3F)cc2c1. The van der Waals surface area contributed by atoms with Gasteiger partial charge in [0, 0.05) is 16.0 Å². The molecule has 1 heterocycles. The predicted octanol–water partition coefficient (Wildman–Crippen LogP) is 4.67. The molecule has 0 aliphatic rings. The number of hydrogen-bond donors (Lipinski definition) is 1. The number of halogens is 1. The van der Waals surface area contributed by atoms with Crippen molar-refractivity contribution < 1.29 is 8.81 Å². The lowest BCUT2D eigenvalue weighted by Gasteiger charge is -2.08. The second-order valence-electron chi connectivity index (χ2n) is 5.04. The summed E-state index contributed by atoms with van der Waals surface area (Å²) in [7, 11) is 0. The van der Waals surface area contributed by atoms with Crippen molar-refractivity contribution >= 4 is 22.7 Å². The van der Waals surface area contributed by atoms with Crippen LogP contribution in [0.2, 0.25) is 0 Å². The van der Waals surface area contributed by atoms with Crippen LogP contribution >= 0.6 is 11.8 Å². The van der Waals surface area contributed by atoms with Crippen molar-refractivity contribution in [3.63, 3.8) is 0 Å². The number of benzene rings is 2. The van der Waals surface area contributed by atoms with E-state index in [2.05, 4.69) is 6.07 Å². The monoisotopic (exact) mass is 301 g/mol. The fraction of sp³-hybridized carbons (Fsp3) is 0.176. The van der Waals surface area contributed by atoms with Crippen LogP contribution in [0.3, 0.4) is 0 Å². The van der Waals surface area contributed by atoms with Crippen molar-refractivity contribution in [2.75, 3.05) is 5.75 Å². The Labute approximate surface area is 127 Å². The molecule has 0 saturated carbocycles. The Morgan fingerprint density at radius 1 is 1.19 bits per heavy atom. The number of aryl methyl sites for hydroxylation is 1. The highest BCUT2D eigenvalue weighted by molar-refractivity contribution is 7.99. The number of fused-ring (bicyclic) bond motifs is 1. The number of thioether (sulfide) groups is 1. The van der Waals surface area contributed by atoms with Gasteiger partial charge in [-0.25, -0.2) is 4.39 Å². The lowest BCUT2D eigenvalue weighted by Crippen LogP contribution is -2.12. The molecule has 108 valence electrons. The molecule has 3 rings (SSSR count). The molecule has 0 bridgehead atoms. The molecule has 2 nitrogen and oxygen atoms in total. The summed E-state index contributed by atoms with van der Waals surface area (Å²) < 4.78 is 19.3. The summed E-state index contributed by atoms with van der Waals surface area (Å²) in [5.41, 5.74) is 8.18. The third-order valence-corrected chi connectivity index (χ3v) is 4.48. The summed E-state index contributed by atoms with van der Waals surface area (Å²) in [6.45, 7) is 2.04. The van der Waals surface area contributed by atoms with E-state index in [0.29, 0.717) is 10.6 Å². The van der Waals surface area contributed by atoms with E-state index in [1.807, 2.05) is 31.2 Å². The van der Waals surface area contributed by atoms with Gasteiger partial charge >= 0.3 is 0 Å². The molecular weight excluding hydrogens is 285 g/mol. The quantitative estimate of drug-likeness (QED) is 0.712. The summed E-state index contributed by atoms with van der Waals surface area (Å²) in [5, 5.41) is 1.05. The van der Waals surface area contributed by atoms with E-state index in [-0.39, 0.29) is 11.9 Å². The Hall–Kier alpha value is -1.78. The maximum absolute atomic E-state index is 13.6. The van der Waals surface area contributed by atoms with Gasteiger partial charge < -0.3 is 10.2 Å². The van der Waals surface area contributed by atoms with Gasteiger partial charge in [-0.1, -0.05) is 23.8 Å². The molecular formula is C17H16FNOS. The van der Waals surface area contributed by atoms with E-state index in [1.54, 1.807) is 12.1 Å². The molecule has 21 heavy (non-hydrogen) atoms. The number of hydrogen-bond acceptors (Lipinski definition) is 3. The Morgan fingerprint density at radius 3 is 2.81 bits per heavy atom. The fourth-order valence-corrected chi connectivity index (χ4v) is 3.09. The van der Waals surface area contributed by atoms with Crippen LogP contribution in [0.4, 0.5) is 4.39 Å². The summed E-state index contributed by atoms with van der Waals surface area (Å²) in [4.78, 5) is 0.611. The first-order valence-corrected chi connectivity index (χ1v) is 7.75. The average Bonchev–Trinajstić information content (AvgIpc) is 2.89. The van der Waals surface area contributed by atoms with E-state index in [0.717, 1.165) is 16.7 Å². The van der Waals surface area contributed by atoms with Gasteiger partial charge in [0.05, 0.1) is 6.04 Å². The van der Waals surface area contributed by atoms with Gasteiger partial charge in [0.15, 0.2) is 0 Å². The van der Waals surface area contributed by atoms with Crippen molar-refractivity contribution in [2.45, 2.75) is 17.9 Å². The molecule has 1 aromatic heterocycles. The molecule has 0 aliphatic carbocycles. The molecule has 0 amide bonds. The maximum Gasteiger partial charge on any atom is 0.136 e. The van der Waals surface area contributed by atoms with Gasteiger partial charge in [-0.2, -0.15) is 0 Å². The minimum Gasteiger partial charge on any atom is -0.459 e. The highest BCUT2D eigenvalue weighted by Crippen LogP contribution is 2.29. The summed E-state index contributed by atoms with van der Waals surface area (Å²) in [6, 6.07) is 14.4. The topological polar surface area (TPSA) is 39.2 Å². The van der Waals surface area contributed by atoms with Gasteiger partial charge in [-0.3, -0.25) is 0 Å². The van der Waals surface area contributed by atoms with Crippen molar-refractivity contribution in [2.24, 2.45) is 5.73 Å². The van der Waals surface area contributed by atoms with Gasteiger partial charge in [0.25, 0.3) is 0 Å². The van der Waals surface area contributed by atoms with Crippen LogP contribution in [0, 0.1) is 12.7 Å². The number of nitrogens with two attached hydrogens (primary N) is 1. The zero-order valence-electron chi connectivity index (χ0n) is 11.7. The van der Waals surface area contributed by atoms with Crippen molar-refractivity contribution in [3.05, 3.63) is 65.7 Å². The zero-order chi connectivity index (χ0) is 14.8. The van der Waals surface area contributed by atoms with Gasteiger partial charge in [0.1, 0.15) is 17.2 Å². The molecule has 0 saturated heterocycles. The largest absolute Gasteiger partial charge is 0.459 e. The molecule has 1 unspecified atom stereocenters. The van der Waals surface area contributed by atoms with Crippen LogP contribution in [0.15, 0.2) is 57.8 Å². The van der Waals surface area contributed by atoms with Crippen LogP contribution in [0.1, 0.15) is 17.4 Å². The minimum absolute atomic E-state index is 0.213. The third kappa shape index (κ3) is 3.12. The maximum atomic E-state index is 13.6. The Balaban J connectivity index is 1.75. The normalized spacial score (nSPS) is 12.7. The van der Waals surface area contributed by atoms with Crippen LogP contribution < -0.4 is 5.73 Å². The molecule has 4 heteroatoms. The van der Waals surface area contributed by atoms with E-state index >= 15 is 0 Å². The minimum atomic E-state index is -0.262. The zero-order valence-corrected chi connectivity index (χ0v) is 12.5. The van der Waals surface area contributed by atoms with Crippen LogP contribution in [0.5, 0.6) is 0 Å². The second-order valence-corrected chi connectivity index (χ2v) is 6.10. The highest BCUT2D eigenvalue weighted by Gasteiger charge is 2.13. The van der Waals surface area contributed by atoms with Gasteiger partial charge in [0.2, 0.25) is 0 Å². The van der Waals surface area contributed by atoms with E-state index in [9.17, 15) is 4.39 Å². The molecule has 0 radical (unpaired) electrons. The van der Waals surface area contributed by atoms with E-state index in [4.69, 9.17) is 10.2 Å². The van der Waals surface area contributed by atoms with Crippen molar-refractivity contribution in [1.29, 1.82) is 0 Å². The molecule has 0 fully saturated rings. The number of furan rings is 1. The molecule has 3 aromatic rings. The Morgan fingerprint density at radius 2 is 2.00 bits per heavy atom. The molecule has 2 aromatic carbocycles. The van der Waals surface area contributed by atoms with E-state index < -0.39 is 0 Å². The average molecular weight is 301 g/mol.